The highest BCUT2D eigenvalue weighted by Gasteiger charge is 2.33. The number of phenolic OH excluding ortho intramolecular Hbond substituents is 2. The molecule has 20 heteroatoms. The molecule has 55 heavy (non-hydrogen) atoms. The summed E-state index contributed by atoms with van der Waals surface area (Å²) in [7, 11) is 2.14. The summed E-state index contributed by atoms with van der Waals surface area (Å²) < 4.78 is 0. The number of aliphatic hydroxyl groups is 1. The van der Waals surface area contributed by atoms with Crippen LogP contribution in [0.5, 0.6) is 11.5 Å². The lowest BCUT2D eigenvalue weighted by molar-refractivity contribution is -0.135. The highest BCUT2D eigenvalue weighted by Crippen LogP contribution is 2.23. The first-order valence-corrected chi connectivity index (χ1v) is 19.9. The summed E-state index contributed by atoms with van der Waals surface area (Å²) in [5, 5.41) is 45.0. The van der Waals surface area contributed by atoms with Crippen LogP contribution in [0.4, 0.5) is 0 Å². The van der Waals surface area contributed by atoms with Gasteiger partial charge >= 0.3 is 0 Å². The van der Waals surface area contributed by atoms with Gasteiger partial charge in [0.15, 0.2) is 0 Å². The quantitative estimate of drug-likeness (QED) is 0.0852. The van der Waals surface area contributed by atoms with Crippen molar-refractivity contribution in [2.24, 2.45) is 11.5 Å². The van der Waals surface area contributed by atoms with Crippen LogP contribution < -0.4 is 43.4 Å². The van der Waals surface area contributed by atoms with Gasteiger partial charge in [-0.15, -0.1) is 0 Å². The number of hydrogen-bond donors (Lipinski definition) is 11. The molecular formula is C35H48N8O10S2. The fourth-order valence-electron chi connectivity index (χ4n) is 5.33. The highest BCUT2D eigenvalue weighted by molar-refractivity contribution is 8.76. The number of unbranched alkanes of at least 4 members (excludes halogenated alkanes) is 1. The number of carbonyl (C=O) groups is 7. The molecular weight excluding hydrogens is 757 g/mol. The third kappa shape index (κ3) is 15.0. The molecule has 3 unspecified atom stereocenters. The molecule has 0 saturated carbocycles. The number of nitrogens with one attached hydrogen (secondary N) is 6. The van der Waals surface area contributed by atoms with Crippen molar-refractivity contribution in [1.82, 2.24) is 31.9 Å². The van der Waals surface area contributed by atoms with E-state index in [1.165, 1.54) is 55.5 Å². The van der Waals surface area contributed by atoms with Gasteiger partial charge in [0.05, 0.1) is 6.61 Å². The highest BCUT2D eigenvalue weighted by atomic mass is 33.1. The first kappa shape index (κ1) is 44.3. The van der Waals surface area contributed by atoms with Gasteiger partial charge in [-0.25, -0.2) is 0 Å². The van der Waals surface area contributed by atoms with E-state index in [4.69, 9.17) is 11.5 Å². The van der Waals surface area contributed by atoms with E-state index in [1.54, 1.807) is 0 Å². The van der Waals surface area contributed by atoms with Gasteiger partial charge in [-0.05, 0) is 61.2 Å². The molecule has 1 saturated heterocycles. The molecule has 2 aromatic carbocycles. The third-order valence-corrected chi connectivity index (χ3v) is 10.7. The number of aromatic hydroxyl groups is 2. The lowest BCUT2D eigenvalue weighted by Crippen LogP contribution is -2.61. The number of primary amides is 1. The van der Waals surface area contributed by atoms with E-state index in [2.05, 4.69) is 31.9 Å². The van der Waals surface area contributed by atoms with Crippen molar-refractivity contribution in [2.45, 2.75) is 75.3 Å². The number of amides is 7. The van der Waals surface area contributed by atoms with Crippen LogP contribution in [0.3, 0.4) is 0 Å². The number of nitrogens with two attached hydrogens (primary N) is 2. The molecule has 2 aromatic rings. The van der Waals surface area contributed by atoms with Crippen LogP contribution in [0.1, 0.15) is 37.3 Å². The topological polar surface area (TPSA) is 304 Å². The van der Waals surface area contributed by atoms with Gasteiger partial charge in [0.2, 0.25) is 41.4 Å². The van der Waals surface area contributed by atoms with E-state index < -0.39 is 84.2 Å². The number of rotatable bonds is 11. The minimum absolute atomic E-state index is 0.0325. The maximum Gasteiger partial charge on any atom is 0.245 e. The van der Waals surface area contributed by atoms with Crippen LogP contribution in [0.25, 0.3) is 0 Å². The molecule has 0 bridgehead atoms. The Morgan fingerprint density at radius 3 is 1.65 bits per heavy atom. The summed E-state index contributed by atoms with van der Waals surface area (Å²) in [6, 6.07) is 3.69. The van der Waals surface area contributed by atoms with Gasteiger partial charge in [-0.1, -0.05) is 45.9 Å². The fourth-order valence-corrected chi connectivity index (χ4v) is 7.67. The van der Waals surface area contributed by atoms with Gasteiger partial charge in [0, 0.05) is 31.3 Å². The minimum atomic E-state index is -1.60. The zero-order valence-corrected chi connectivity index (χ0v) is 31.8. The maximum atomic E-state index is 13.8. The van der Waals surface area contributed by atoms with E-state index in [0.717, 1.165) is 21.6 Å². The predicted molar refractivity (Wildman–Crippen MR) is 205 cm³/mol. The van der Waals surface area contributed by atoms with Crippen molar-refractivity contribution in [1.29, 1.82) is 0 Å². The van der Waals surface area contributed by atoms with Crippen molar-refractivity contribution < 1.29 is 48.9 Å². The van der Waals surface area contributed by atoms with Crippen molar-refractivity contribution in [3.05, 3.63) is 59.7 Å². The smallest absolute Gasteiger partial charge is 0.245 e. The number of benzene rings is 2. The Balaban J connectivity index is 2.02. The maximum absolute atomic E-state index is 13.8. The first-order chi connectivity index (χ1) is 26.2. The lowest BCUT2D eigenvalue weighted by Gasteiger charge is -2.27. The molecule has 0 aromatic heterocycles. The van der Waals surface area contributed by atoms with Crippen LogP contribution in [-0.4, -0.2) is 118 Å². The average molecular weight is 805 g/mol. The van der Waals surface area contributed by atoms with Gasteiger partial charge in [0.25, 0.3) is 0 Å². The van der Waals surface area contributed by atoms with E-state index in [1.807, 2.05) is 0 Å². The molecule has 18 nitrogen and oxygen atoms in total. The van der Waals surface area contributed by atoms with Crippen LogP contribution >= 0.6 is 21.6 Å². The van der Waals surface area contributed by atoms with Crippen molar-refractivity contribution in [2.75, 3.05) is 24.7 Å². The Morgan fingerprint density at radius 2 is 1.15 bits per heavy atom. The Hall–Kier alpha value is -5.05. The summed E-state index contributed by atoms with van der Waals surface area (Å²) >= 11 is 0. The summed E-state index contributed by atoms with van der Waals surface area (Å²) in [5.41, 5.74) is 12.3. The van der Waals surface area contributed by atoms with Gasteiger partial charge < -0.3 is 58.7 Å². The molecule has 0 spiro atoms. The largest absolute Gasteiger partial charge is 0.508 e. The second-order valence-electron chi connectivity index (χ2n) is 12.7. The Morgan fingerprint density at radius 1 is 0.691 bits per heavy atom. The van der Waals surface area contributed by atoms with E-state index >= 15 is 0 Å². The van der Waals surface area contributed by atoms with Crippen LogP contribution in [-0.2, 0) is 46.4 Å². The molecule has 3 rings (SSSR count). The summed E-state index contributed by atoms with van der Waals surface area (Å²) in [4.78, 5) is 92.9. The molecule has 300 valence electrons. The van der Waals surface area contributed by atoms with Crippen LogP contribution in [0.15, 0.2) is 48.5 Å². The molecule has 1 fully saturated rings. The van der Waals surface area contributed by atoms with Crippen LogP contribution in [0.2, 0.25) is 0 Å². The second kappa shape index (κ2) is 22.4. The summed E-state index contributed by atoms with van der Waals surface area (Å²) in [6.07, 6.45) is 0.676. The molecule has 0 radical (unpaired) electrons. The lowest BCUT2D eigenvalue weighted by atomic mass is 10.0. The molecule has 1 aliphatic rings. The molecule has 6 atom stereocenters. The van der Waals surface area contributed by atoms with Crippen molar-refractivity contribution in [3.8, 4) is 11.5 Å². The number of hydrogen-bond acceptors (Lipinski definition) is 13. The summed E-state index contributed by atoms with van der Waals surface area (Å²) in [5.74, 6) is -5.83. The molecule has 7 amide bonds. The second-order valence-corrected chi connectivity index (χ2v) is 15.3. The summed E-state index contributed by atoms with van der Waals surface area (Å²) in [6.45, 7) is 0.575. The standard InChI is InChI=1S/C35H48N8O10S2/c1-19(45)38-29-18-55-54-17-28(30(37)48)43-33(51)26(15-21-7-11-23(47)12-8-21)40-31(49)24(4-2-3-13-36)39-34(52)27(16-44)42-32(50)25(41-35(29)53)14-20-5-9-22(46)10-6-20/h5-12,24-29,44,46-47H,2-4,13-18,36H2,1H3,(H2,37,48)(H,38,45)(H,39,52)(H,40,49)(H,41,53)(H,42,50)(H,43,51)/t24-,25?,26?,27-,28-,29?/m0/s1. The SMILES string of the molecule is CC(=O)NC1CSSC[C@@H](C(N)=O)NC(=O)C(Cc2ccc(O)cc2)NC(=O)[C@H](CCCCN)NC(=O)[C@H](CO)NC(=O)C(Cc2ccc(O)cc2)NC1=O. The zero-order valence-electron chi connectivity index (χ0n) is 30.1. The Labute approximate surface area is 325 Å². The number of phenols is 2. The molecule has 0 aliphatic carbocycles. The van der Waals surface area contributed by atoms with Gasteiger partial charge in [-0.2, -0.15) is 0 Å². The van der Waals surface area contributed by atoms with Crippen LogP contribution in [0, 0.1) is 0 Å². The Kier molecular flexibility index (Phi) is 18.0. The van der Waals surface area contributed by atoms with Crippen molar-refractivity contribution >= 4 is 62.9 Å². The van der Waals surface area contributed by atoms with Gasteiger partial charge in [-0.3, -0.25) is 33.6 Å². The van der Waals surface area contributed by atoms with E-state index in [9.17, 15) is 48.9 Å². The monoisotopic (exact) mass is 804 g/mol. The molecule has 13 N–H and O–H groups in total. The third-order valence-electron chi connectivity index (χ3n) is 8.32. The van der Waals surface area contributed by atoms with E-state index in [-0.39, 0.29) is 48.8 Å². The normalized spacial score (nSPS) is 23.6. The van der Waals surface area contributed by atoms with Gasteiger partial charge in [0.1, 0.15) is 47.8 Å². The number of carbonyl (C=O) groups excluding carboxylic acids is 7. The Bertz CT molecular complexity index is 1650. The molecule has 1 heterocycles. The first-order valence-electron chi connectivity index (χ1n) is 17.4. The average Bonchev–Trinajstić information content (AvgIpc) is 3.14. The molecule has 1 aliphatic heterocycles. The number of aliphatic hydroxyl groups excluding tert-OH is 1. The van der Waals surface area contributed by atoms with Crippen molar-refractivity contribution in [3.63, 3.8) is 0 Å². The predicted octanol–water partition coefficient (Wildman–Crippen LogP) is -2.19. The minimum Gasteiger partial charge on any atom is -0.508 e. The van der Waals surface area contributed by atoms with E-state index in [0.29, 0.717) is 24.0 Å². The fraction of sp³-hybridized carbons (Fsp3) is 0.457. The zero-order chi connectivity index (χ0) is 40.5.